The summed E-state index contributed by atoms with van der Waals surface area (Å²) in [6.07, 6.45) is 3.08. The molecule has 1 saturated heterocycles. The lowest BCUT2D eigenvalue weighted by atomic mass is 10.1. The highest BCUT2D eigenvalue weighted by molar-refractivity contribution is 5.83. The number of piperazine rings is 1. The number of pyridine rings is 1. The molecule has 1 atom stereocenters. The molecule has 1 fully saturated rings. The molecule has 0 unspecified atom stereocenters. The lowest BCUT2D eigenvalue weighted by Gasteiger charge is -2.41. The van der Waals surface area contributed by atoms with Crippen LogP contribution in [0.1, 0.15) is 25.8 Å². The van der Waals surface area contributed by atoms with Gasteiger partial charge < -0.3 is 10.0 Å². The summed E-state index contributed by atoms with van der Waals surface area (Å²) in [5.74, 6) is 1.06. The van der Waals surface area contributed by atoms with Gasteiger partial charge in [-0.2, -0.15) is 0 Å². The van der Waals surface area contributed by atoms with Crippen LogP contribution in [0.4, 0.5) is 5.82 Å². The van der Waals surface area contributed by atoms with E-state index in [-0.39, 0.29) is 6.61 Å². The molecule has 1 aromatic heterocycles. The smallest absolute Gasteiger partial charge is 0.129 e. The topological polar surface area (TPSA) is 39.6 Å². The molecule has 0 bridgehead atoms. The number of rotatable bonds is 5. The van der Waals surface area contributed by atoms with Crippen molar-refractivity contribution in [2.24, 2.45) is 0 Å². The van der Waals surface area contributed by atoms with Gasteiger partial charge in [-0.15, -0.1) is 0 Å². The van der Waals surface area contributed by atoms with Crippen molar-refractivity contribution in [2.45, 2.75) is 33.2 Å². The Kier molecular flexibility index (Phi) is 5.71. The van der Waals surface area contributed by atoms with E-state index in [0.717, 1.165) is 43.9 Å². The quantitative estimate of drug-likeness (QED) is 0.848. The molecular weight excluding hydrogens is 310 g/mol. The molecule has 3 rings (SSSR count). The number of benzene rings is 1. The Bertz CT molecular complexity index is 752. The van der Waals surface area contributed by atoms with Crippen LogP contribution in [0.25, 0.3) is 10.9 Å². The average Bonchev–Trinajstić information content (AvgIpc) is 2.60. The summed E-state index contributed by atoms with van der Waals surface area (Å²) in [6.45, 7) is 10.5. The molecule has 4 heteroatoms. The second-order valence-corrected chi connectivity index (χ2v) is 7.20. The van der Waals surface area contributed by atoms with Gasteiger partial charge in [0.25, 0.3) is 0 Å². The van der Waals surface area contributed by atoms with Crippen molar-refractivity contribution in [1.82, 2.24) is 9.88 Å². The van der Waals surface area contributed by atoms with Crippen LogP contribution in [0.5, 0.6) is 0 Å². The molecular formula is C21H29N3O. The van der Waals surface area contributed by atoms with Crippen LogP contribution in [0.3, 0.4) is 0 Å². The predicted octanol–water partition coefficient (Wildman–Crippen LogP) is 3.38. The fourth-order valence-corrected chi connectivity index (χ4v) is 3.56. The number of aromatic nitrogens is 1. The SMILES string of the molecule is CC(C)=CCN1CCN(c2cc(C)c3ccccc3n2)C[C@H]1CCO. The van der Waals surface area contributed by atoms with Crippen LogP contribution in [0.15, 0.2) is 42.0 Å². The summed E-state index contributed by atoms with van der Waals surface area (Å²) in [4.78, 5) is 9.74. The monoisotopic (exact) mass is 339 g/mol. The minimum atomic E-state index is 0.230. The van der Waals surface area contributed by atoms with Gasteiger partial charge in [-0.25, -0.2) is 4.98 Å². The largest absolute Gasteiger partial charge is 0.396 e. The van der Waals surface area contributed by atoms with Gasteiger partial charge in [0.15, 0.2) is 0 Å². The first-order chi connectivity index (χ1) is 12.1. The van der Waals surface area contributed by atoms with Crippen molar-refractivity contribution in [1.29, 1.82) is 0 Å². The van der Waals surface area contributed by atoms with E-state index in [9.17, 15) is 5.11 Å². The minimum absolute atomic E-state index is 0.230. The van der Waals surface area contributed by atoms with Crippen LogP contribution in [0, 0.1) is 6.92 Å². The Morgan fingerprint density at radius 2 is 2.08 bits per heavy atom. The van der Waals surface area contributed by atoms with Crippen LogP contribution >= 0.6 is 0 Å². The molecule has 25 heavy (non-hydrogen) atoms. The fraction of sp³-hybridized carbons (Fsp3) is 0.476. The summed E-state index contributed by atoms with van der Waals surface area (Å²) in [7, 11) is 0. The van der Waals surface area contributed by atoms with E-state index in [1.165, 1.54) is 16.5 Å². The van der Waals surface area contributed by atoms with Crippen LogP contribution in [0.2, 0.25) is 0 Å². The molecule has 0 spiro atoms. The first kappa shape index (κ1) is 17.9. The Morgan fingerprint density at radius 3 is 2.84 bits per heavy atom. The maximum atomic E-state index is 9.48. The van der Waals surface area contributed by atoms with Crippen molar-refractivity contribution in [3.05, 3.63) is 47.5 Å². The minimum Gasteiger partial charge on any atom is -0.396 e. The summed E-state index contributed by atoms with van der Waals surface area (Å²) < 4.78 is 0. The highest BCUT2D eigenvalue weighted by atomic mass is 16.3. The van der Waals surface area contributed by atoms with Crippen LogP contribution < -0.4 is 4.90 Å². The molecule has 1 aliphatic heterocycles. The van der Waals surface area contributed by atoms with Gasteiger partial charge in [-0.1, -0.05) is 29.8 Å². The third-order valence-electron chi connectivity index (χ3n) is 5.03. The van der Waals surface area contributed by atoms with Crippen LogP contribution in [-0.2, 0) is 0 Å². The third kappa shape index (κ3) is 4.20. The van der Waals surface area contributed by atoms with Gasteiger partial charge in [-0.3, -0.25) is 4.90 Å². The van der Waals surface area contributed by atoms with E-state index in [2.05, 4.69) is 60.9 Å². The number of aliphatic hydroxyl groups is 1. The highest BCUT2D eigenvalue weighted by Gasteiger charge is 2.26. The van der Waals surface area contributed by atoms with Crippen molar-refractivity contribution in [3.8, 4) is 0 Å². The molecule has 1 aromatic carbocycles. The Labute approximate surface area is 150 Å². The first-order valence-electron chi connectivity index (χ1n) is 9.18. The number of para-hydroxylation sites is 1. The molecule has 2 heterocycles. The first-order valence-corrected chi connectivity index (χ1v) is 9.18. The van der Waals surface area contributed by atoms with E-state index in [4.69, 9.17) is 4.98 Å². The van der Waals surface area contributed by atoms with Gasteiger partial charge in [0.05, 0.1) is 5.52 Å². The zero-order valence-electron chi connectivity index (χ0n) is 15.6. The number of hydrogen-bond donors (Lipinski definition) is 1. The lowest BCUT2D eigenvalue weighted by Crippen LogP contribution is -2.53. The molecule has 2 aromatic rings. The standard InChI is InChI=1S/C21H29N3O/c1-16(2)8-10-23-11-12-24(15-18(23)9-13-25)21-14-17(3)19-6-4-5-7-20(19)22-21/h4-8,14,18,25H,9-13,15H2,1-3H3/t18-/m1/s1. The molecule has 0 saturated carbocycles. The van der Waals surface area contributed by atoms with Gasteiger partial charge in [0, 0.05) is 44.2 Å². The van der Waals surface area contributed by atoms with Gasteiger partial charge >= 0.3 is 0 Å². The van der Waals surface area contributed by atoms with Gasteiger partial charge in [-0.05, 0) is 44.9 Å². The maximum absolute atomic E-state index is 9.48. The molecule has 0 amide bonds. The predicted molar refractivity (Wildman–Crippen MR) is 105 cm³/mol. The average molecular weight is 339 g/mol. The third-order valence-corrected chi connectivity index (χ3v) is 5.03. The highest BCUT2D eigenvalue weighted by Crippen LogP contribution is 2.25. The fourth-order valence-electron chi connectivity index (χ4n) is 3.56. The van der Waals surface area contributed by atoms with Crippen molar-refractivity contribution < 1.29 is 5.11 Å². The Morgan fingerprint density at radius 1 is 1.28 bits per heavy atom. The van der Waals surface area contributed by atoms with E-state index < -0.39 is 0 Å². The summed E-state index contributed by atoms with van der Waals surface area (Å²) >= 11 is 0. The normalized spacial score (nSPS) is 18.6. The number of aryl methyl sites for hydroxylation is 1. The number of allylic oxidation sites excluding steroid dienone is 1. The number of nitrogens with zero attached hydrogens (tertiary/aromatic N) is 3. The van der Waals surface area contributed by atoms with E-state index >= 15 is 0 Å². The van der Waals surface area contributed by atoms with Gasteiger partial charge in [0.2, 0.25) is 0 Å². The number of hydrogen-bond acceptors (Lipinski definition) is 4. The summed E-state index contributed by atoms with van der Waals surface area (Å²) in [5.41, 5.74) is 3.67. The van der Waals surface area contributed by atoms with Crippen molar-refractivity contribution >= 4 is 16.7 Å². The number of fused-ring (bicyclic) bond motifs is 1. The van der Waals surface area contributed by atoms with Gasteiger partial charge in [0.1, 0.15) is 5.82 Å². The van der Waals surface area contributed by atoms with Crippen molar-refractivity contribution in [3.63, 3.8) is 0 Å². The van der Waals surface area contributed by atoms with Crippen LogP contribution in [-0.4, -0.2) is 53.8 Å². The molecule has 1 aliphatic rings. The van der Waals surface area contributed by atoms with E-state index in [0.29, 0.717) is 6.04 Å². The summed E-state index contributed by atoms with van der Waals surface area (Å²) in [5, 5.41) is 10.7. The zero-order valence-corrected chi connectivity index (χ0v) is 15.6. The molecule has 0 aliphatic carbocycles. The van der Waals surface area contributed by atoms with E-state index in [1.807, 2.05) is 6.07 Å². The maximum Gasteiger partial charge on any atom is 0.129 e. The van der Waals surface area contributed by atoms with E-state index in [1.54, 1.807) is 0 Å². The second-order valence-electron chi connectivity index (χ2n) is 7.20. The molecule has 4 nitrogen and oxygen atoms in total. The Balaban J connectivity index is 1.81. The zero-order chi connectivity index (χ0) is 17.8. The van der Waals surface area contributed by atoms with Crippen molar-refractivity contribution in [2.75, 3.05) is 37.7 Å². The Hall–Kier alpha value is -1.91. The molecule has 134 valence electrons. The number of anilines is 1. The second kappa shape index (κ2) is 7.98. The lowest BCUT2D eigenvalue weighted by molar-refractivity contribution is 0.155. The summed E-state index contributed by atoms with van der Waals surface area (Å²) in [6, 6.07) is 10.9. The molecule has 1 N–H and O–H groups in total. The number of aliphatic hydroxyl groups excluding tert-OH is 1. The molecule has 0 radical (unpaired) electrons.